The van der Waals surface area contributed by atoms with Crippen LogP contribution in [0.5, 0.6) is 0 Å². The molecular weight excluding hydrogens is 244 g/mol. The second-order valence-electron chi connectivity index (χ2n) is 6.96. The van der Waals surface area contributed by atoms with Gasteiger partial charge in [0.15, 0.2) is 0 Å². The predicted octanol–water partition coefficient (Wildman–Crippen LogP) is 1.92. The standard InChI is InChI=1S/C15H20O4/c1-7-11-9(16)6-10-14(11,3)4-5-15(10,12(7)17)8(2)13(18)19/h7-8,10-11H,4-6H2,1-3H3,(H,18,19)/t7-,8-,10+,11-,14+,15+/m1/s1. The van der Waals surface area contributed by atoms with Crippen LogP contribution in [0.2, 0.25) is 0 Å². The first kappa shape index (κ1) is 12.8. The third-order valence-electron chi connectivity index (χ3n) is 6.47. The summed E-state index contributed by atoms with van der Waals surface area (Å²) in [6.45, 7) is 5.55. The minimum Gasteiger partial charge on any atom is -0.481 e. The maximum atomic E-state index is 12.8. The van der Waals surface area contributed by atoms with Crippen molar-refractivity contribution in [3.05, 3.63) is 0 Å². The maximum Gasteiger partial charge on any atom is 0.307 e. The molecule has 0 aliphatic heterocycles. The van der Waals surface area contributed by atoms with Crippen LogP contribution in [0, 0.1) is 34.5 Å². The Balaban J connectivity index is 2.19. The number of aliphatic carboxylic acids is 1. The number of carboxylic acid groups (broad SMARTS) is 1. The lowest BCUT2D eigenvalue weighted by molar-refractivity contribution is -0.160. The van der Waals surface area contributed by atoms with Crippen LogP contribution in [-0.2, 0) is 14.4 Å². The van der Waals surface area contributed by atoms with Crippen molar-refractivity contribution in [1.29, 1.82) is 0 Å². The van der Waals surface area contributed by atoms with Gasteiger partial charge in [0.2, 0.25) is 0 Å². The summed E-state index contributed by atoms with van der Waals surface area (Å²) in [5, 5.41) is 9.39. The minimum atomic E-state index is -0.914. The van der Waals surface area contributed by atoms with Crippen molar-refractivity contribution < 1.29 is 19.5 Å². The van der Waals surface area contributed by atoms with Crippen LogP contribution in [-0.4, -0.2) is 22.6 Å². The fourth-order valence-corrected chi connectivity index (χ4v) is 5.57. The van der Waals surface area contributed by atoms with E-state index in [2.05, 4.69) is 6.92 Å². The second kappa shape index (κ2) is 3.47. The molecule has 0 aromatic heterocycles. The van der Waals surface area contributed by atoms with E-state index in [1.807, 2.05) is 6.92 Å². The molecule has 6 atom stereocenters. The molecule has 4 heteroatoms. The van der Waals surface area contributed by atoms with Gasteiger partial charge in [-0.15, -0.1) is 0 Å². The third-order valence-corrected chi connectivity index (χ3v) is 6.47. The van der Waals surface area contributed by atoms with Gasteiger partial charge in [0.1, 0.15) is 11.6 Å². The molecule has 4 bridgehead atoms. The van der Waals surface area contributed by atoms with Crippen molar-refractivity contribution in [3.63, 3.8) is 0 Å². The highest BCUT2D eigenvalue weighted by Gasteiger charge is 2.73. The van der Waals surface area contributed by atoms with Crippen molar-refractivity contribution in [2.24, 2.45) is 34.5 Å². The molecular formula is C15H20O4. The Morgan fingerprint density at radius 3 is 2.58 bits per heavy atom. The molecule has 3 rings (SSSR count). The van der Waals surface area contributed by atoms with Crippen molar-refractivity contribution in [2.75, 3.05) is 0 Å². The van der Waals surface area contributed by atoms with E-state index < -0.39 is 17.3 Å². The number of hydrogen-bond acceptors (Lipinski definition) is 3. The van der Waals surface area contributed by atoms with Crippen LogP contribution >= 0.6 is 0 Å². The van der Waals surface area contributed by atoms with Gasteiger partial charge in [-0.05, 0) is 24.2 Å². The molecule has 0 saturated heterocycles. The van der Waals surface area contributed by atoms with Gasteiger partial charge in [-0.3, -0.25) is 14.4 Å². The van der Waals surface area contributed by atoms with Gasteiger partial charge in [-0.2, -0.15) is 0 Å². The lowest BCUT2D eigenvalue weighted by Crippen LogP contribution is -2.53. The first-order chi connectivity index (χ1) is 8.76. The summed E-state index contributed by atoms with van der Waals surface area (Å²) in [4.78, 5) is 36.5. The summed E-state index contributed by atoms with van der Waals surface area (Å²) >= 11 is 0. The summed E-state index contributed by atoms with van der Waals surface area (Å²) in [5.41, 5.74) is -0.962. The maximum absolute atomic E-state index is 12.8. The Morgan fingerprint density at radius 1 is 1.37 bits per heavy atom. The molecule has 1 N–H and O–H groups in total. The quantitative estimate of drug-likeness (QED) is 0.827. The molecule has 3 aliphatic carbocycles. The van der Waals surface area contributed by atoms with Crippen molar-refractivity contribution in [3.8, 4) is 0 Å². The molecule has 0 heterocycles. The molecule has 3 fully saturated rings. The molecule has 0 spiro atoms. The topological polar surface area (TPSA) is 71.4 Å². The highest BCUT2D eigenvalue weighted by molar-refractivity contribution is 6.01. The molecule has 3 saturated carbocycles. The SMILES string of the molecule is C[C@H](C(=O)O)[C@@]12CC[C@]3(C)[C@@H](C(=O)C[C@@H]31)[C@@H](C)C2=O. The van der Waals surface area contributed by atoms with Gasteiger partial charge < -0.3 is 5.11 Å². The third kappa shape index (κ3) is 1.18. The first-order valence-electron chi connectivity index (χ1n) is 7.06. The molecule has 0 radical (unpaired) electrons. The van der Waals surface area contributed by atoms with Gasteiger partial charge >= 0.3 is 5.97 Å². The lowest BCUT2D eigenvalue weighted by Gasteiger charge is -2.47. The summed E-state index contributed by atoms with van der Waals surface area (Å²) in [5.74, 6) is -1.97. The average Bonchev–Trinajstić information content (AvgIpc) is 2.70. The number of rotatable bonds is 2. The number of hydrogen-bond donors (Lipinski definition) is 1. The Kier molecular flexibility index (Phi) is 2.34. The smallest absolute Gasteiger partial charge is 0.307 e. The molecule has 4 nitrogen and oxygen atoms in total. The number of carbonyl (C=O) groups excluding carboxylic acids is 2. The van der Waals surface area contributed by atoms with Crippen LogP contribution in [0.15, 0.2) is 0 Å². The minimum absolute atomic E-state index is 0.0261. The Labute approximate surface area is 112 Å². The van der Waals surface area contributed by atoms with Gasteiger partial charge in [-0.1, -0.05) is 20.8 Å². The van der Waals surface area contributed by atoms with Crippen molar-refractivity contribution in [2.45, 2.75) is 40.0 Å². The van der Waals surface area contributed by atoms with Crippen LogP contribution in [0.3, 0.4) is 0 Å². The van der Waals surface area contributed by atoms with E-state index in [4.69, 9.17) is 0 Å². The predicted molar refractivity (Wildman–Crippen MR) is 67.3 cm³/mol. The Hall–Kier alpha value is -1.19. The van der Waals surface area contributed by atoms with E-state index in [-0.39, 0.29) is 34.7 Å². The number of carboxylic acids is 1. The van der Waals surface area contributed by atoms with Crippen molar-refractivity contribution >= 4 is 17.5 Å². The van der Waals surface area contributed by atoms with Crippen LogP contribution < -0.4 is 0 Å². The van der Waals surface area contributed by atoms with E-state index in [1.54, 1.807) is 6.92 Å². The average molecular weight is 264 g/mol. The zero-order valence-electron chi connectivity index (χ0n) is 11.6. The van der Waals surface area contributed by atoms with E-state index in [0.717, 1.165) is 6.42 Å². The van der Waals surface area contributed by atoms with E-state index in [9.17, 15) is 19.5 Å². The van der Waals surface area contributed by atoms with Gasteiger partial charge in [0.25, 0.3) is 0 Å². The normalized spacial score (nSPS) is 49.5. The van der Waals surface area contributed by atoms with E-state index in [0.29, 0.717) is 12.8 Å². The highest BCUT2D eigenvalue weighted by atomic mass is 16.4. The largest absolute Gasteiger partial charge is 0.481 e. The van der Waals surface area contributed by atoms with Crippen molar-refractivity contribution in [1.82, 2.24) is 0 Å². The monoisotopic (exact) mass is 264 g/mol. The van der Waals surface area contributed by atoms with E-state index >= 15 is 0 Å². The highest BCUT2D eigenvalue weighted by Crippen LogP contribution is 2.71. The molecule has 3 aliphatic rings. The first-order valence-corrected chi connectivity index (χ1v) is 7.06. The van der Waals surface area contributed by atoms with Gasteiger partial charge in [0, 0.05) is 23.7 Å². The van der Waals surface area contributed by atoms with Gasteiger partial charge in [0.05, 0.1) is 5.92 Å². The molecule has 0 amide bonds. The fraction of sp³-hybridized carbons (Fsp3) is 0.800. The number of carbonyl (C=O) groups is 3. The molecule has 104 valence electrons. The van der Waals surface area contributed by atoms with Crippen LogP contribution in [0.1, 0.15) is 40.0 Å². The second-order valence-corrected chi connectivity index (χ2v) is 6.96. The zero-order chi connectivity index (χ0) is 14.2. The zero-order valence-corrected chi connectivity index (χ0v) is 11.6. The molecule has 0 aromatic rings. The lowest BCUT2D eigenvalue weighted by atomic mass is 9.54. The summed E-state index contributed by atoms with van der Waals surface area (Å²) < 4.78 is 0. The fourth-order valence-electron chi connectivity index (χ4n) is 5.57. The van der Waals surface area contributed by atoms with Crippen LogP contribution in [0.4, 0.5) is 0 Å². The molecule has 19 heavy (non-hydrogen) atoms. The molecule has 0 aromatic carbocycles. The summed E-state index contributed by atoms with van der Waals surface area (Å²) in [7, 11) is 0. The van der Waals surface area contributed by atoms with Crippen LogP contribution in [0.25, 0.3) is 0 Å². The Morgan fingerprint density at radius 2 is 2.00 bits per heavy atom. The van der Waals surface area contributed by atoms with Gasteiger partial charge in [-0.25, -0.2) is 0 Å². The summed E-state index contributed by atoms with van der Waals surface area (Å²) in [6.07, 6.45) is 1.84. The molecule has 0 unspecified atom stereocenters. The Bertz CT molecular complexity index is 496. The number of Topliss-reactive ketones (excluding diaryl/α,β-unsaturated/α-hetero) is 2. The summed E-state index contributed by atoms with van der Waals surface area (Å²) in [6, 6.07) is 0. The van der Waals surface area contributed by atoms with E-state index in [1.165, 1.54) is 0 Å². The number of ketones is 2.